The molecular formula is C17H16N2O2S. The third-order valence-corrected chi connectivity index (χ3v) is 4.42. The van der Waals surface area contributed by atoms with Crippen molar-refractivity contribution in [1.29, 1.82) is 0 Å². The van der Waals surface area contributed by atoms with Crippen molar-refractivity contribution in [2.24, 2.45) is 5.73 Å². The van der Waals surface area contributed by atoms with Crippen LogP contribution < -0.4 is 5.73 Å². The number of rotatable bonds is 4. The lowest BCUT2D eigenvalue weighted by Crippen LogP contribution is -2.33. The average molecular weight is 312 g/mol. The van der Waals surface area contributed by atoms with Crippen LogP contribution in [0.15, 0.2) is 47.9 Å². The molecule has 1 aromatic carbocycles. The van der Waals surface area contributed by atoms with Gasteiger partial charge in [-0.05, 0) is 46.2 Å². The van der Waals surface area contributed by atoms with E-state index in [0.29, 0.717) is 11.5 Å². The molecule has 0 unspecified atom stereocenters. The number of thiophene rings is 1. The monoisotopic (exact) mass is 312 g/mol. The van der Waals surface area contributed by atoms with Gasteiger partial charge in [-0.2, -0.15) is 0 Å². The lowest BCUT2D eigenvalue weighted by molar-refractivity contribution is -0.0372. The minimum atomic E-state index is -0.832. The predicted molar refractivity (Wildman–Crippen MR) is 89.3 cm³/mol. The average Bonchev–Trinajstić information content (AvgIpc) is 3.14. The van der Waals surface area contributed by atoms with Gasteiger partial charge in [0.1, 0.15) is 0 Å². The van der Waals surface area contributed by atoms with Gasteiger partial charge < -0.3 is 5.73 Å². The van der Waals surface area contributed by atoms with E-state index in [0.717, 1.165) is 16.7 Å². The Morgan fingerprint density at radius 2 is 2.00 bits per heavy atom. The number of hydrogen-bond donors (Lipinski definition) is 2. The summed E-state index contributed by atoms with van der Waals surface area (Å²) < 4.78 is 0. The predicted octanol–water partition coefficient (Wildman–Crippen LogP) is 3.85. The molecule has 1 aliphatic rings. The highest BCUT2D eigenvalue weighted by Gasteiger charge is 2.18. The molecule has 22 heavy (non-hydrogen) atoms. The Morgan fingerprint density at radius 1 is 1.23 bits per heavy atom. The maximum atomic E-state index is 10.9. The summed E-state index contributed by atoms with van der Waals surface area (Å²) in [7, 11) is 0. The molecule has 3 rings (SSSR count). The zero-order valence-corrected chi connectivity index (χ0v) is 12.7. The van der Waals surface area contributed by atoms with Crippen molar-refractivity contribution in [1.82, 2.24) is 5.06 Å². The number of hydroxylamine groups is 2. The second kappa shape index (κ2) is 6.17. The second-order valence-electron chi connectivity index (χ2n) is 5.04. The molecule has 0 spiro atoms. The molecule has 112 valence electrons. The van der Waals surface area contributed by atoms with Gasteiger partial charge in [0.05, 0.1) is 6.54 Å². The van der Waals surface area contributed by atoms with Crippen molar-refractivity contribution in [3.8, 4) is 0 Å². The van der Waals surface area contributed by atoms with Crippen LogP contribution in [-0.4, -0.2) is 22.8 Å². The van der Waals surface area contributed by atoms with Gasteiger partial charge in [0.15, 0.2) is 0 Å². The molecule has 1 aromatic heterocycles. The molecule has 0 atom stereocenters. The molecule has 4 nitrogen and oxygen atoms in total. The Kier molecular flexibility index (Phi) is 4.09. The van der Waals surface area contributed by atoms with E-state index in [4.69, 9.17) is 5.73 Å². The highest BCUT2D eigenvalue weighted by atomic mass is 32.1. The minimum absolute atomic E-state index is 0.182. The lowest BCUT2D eigenvalue weighted by atomic mass is 10.0. The van der Waals surface area contributed by atoms with E-state index in [-0.39, 0.29) is 6.54 Å². The second-order valence-corrected chi connectivity index (χ2v) is 6.02. The first-order chi connectivity index (χ1) is 10.6. The molecule has 0 radical (unpaired) electrons. The molecule has 1 aliphatic carbocycles. The maximum absolute atomic E-state index is 10.9. The summed E-state index contributed by atoms with van der Waals surface area (Å²) >= 11 is 1.69. The van der Waals surface area contributed by atoms with Gasteiger partial charge in [0, 0.05) is 4.88 Å². The number of amides is 2. The van der Waals surface area contributed by atoms with Crippen molar-refractivity contribution in [2.45, 2.75) is 6.42 Å². The van der Waals surface area contributed by atoms with E-state index in [2.05, 4.69) is 30.4 Å². The number of nitrogens with two attached hydrogens (primary N) is 1. The molecule has 2 amide bonds. The summed E-state index contributed by atoms with van der Waals surface area (Å²) in [5.41, 5.74) is 9.60. The Morgan fingerprint density at radius 3 is 2.68 bits per heavy atom. The smallest absolute Gasteiger partial charge is 0.338 e. The van der Waals surface area contributed by atoms with Crippen LogP contribution in [0.4, 0.5) is 4.79 Å². The molecule has 5 heteroatoms. The first kappa shape index (κ1) is 14.6. The van der Waals surface area contributed by atoms with Crippen LogP contribution in [0.2, 0.25) is 0 Å². The highest BCUT2D eigenvalue weighted by Crippen LogP contribution is 2.38. The summed E-state index contributed by atoms with van der Waals surface area (Å²) in [4.78, 5) is 12.1. The minimum Gasteiger partial charge on any atom is -0.350 e. The Hall–Kier alpha value is -2.37. The Balaban J connectivity index is 1.88. The summed E-state index contributed by atoms with van der Waals surface area (Å²) in [6.07, 6.45) is 4.82. The van der Waals surface area contributed by atoms with Crippen molar-refractivity contribution >= 4 is 34.6 Å². The summed E-state index contributed by atoms with van der Waals surface area (Å²) in [6.45, 7) is 0.182. The van der Waals surface area contributed by atoms with Crippen molar-refractivity contribution in [3.63, 3.8) is 0 Å². The maximum Gasteiger partial charge on any atom is 0.338 e. The number of hydrogen-bond acceptors (Lipinski definition) is 3. The molecule has 0 saturated heterocycles. The zero-order chi connectivity index (χ0) is 15.5. The van der Waals surface area contributed by atoms with Crippen LogP contribution in [0.25, 0.3) is 17.2 Å². The van der Waals surface area contributed by atoms with Crippen LogP contribution >= 0.6 is 11.3 Å². The van der Waals surface area contributed by atoms with E-state index in [1.165, 1.54) is 10.4 Å². The molecule has 0 bridgehead atoms. The number of carbonyl (C=O) groups is 1. The van der Waals surface area contributed by atoms with E-state index in [1.807, 2.05) is 23.6 Å². The van der Waals surface area contributed by atoms with Gasteiger partial charge in [-0.15, -0.1) is 11.3 Å². The first-order valence-corrected chi connectivity index (χ1v) is 7.84. The summed E-state index contributed by atoms with van der Waals surface area (Å²) in [5, 5.41) is 12.0. The van der Waals surface area contributed by atoms with Crippen LogP contribution in [-0.2, 0) is 0 Å². The Labute approximate surface area is 132 Å². The van der Waals surface area contributed by atoms with Gasteiger partial charge >= 0.3 is 6.03 Å². The fourth-order valence-corrected chi connectivity index (χ4v) is 3.21. The molecule has 0 aliphatic heterocycles. The van der Waals surface area contributed by atoms with Gasteiger partial charge in [0.2, 0.25) is 0 Å². The molecule has 2 aromatic rings. The molecular weight excluding hydrogens is 296 g/mol. The SMILES string of the molecule is NC(=O)N(O)CCC1=C/C(=C\c2cccs2)c2ccccc21. The summed E-state index contributed by atoms with van der Waals surface area (Å²) in [6, 6.07) is 11.4. The molecule has 0 saturated carbocycles. The van der Waals surface area contributed by atoms with Gasteiger partial charge in [-0.1, -0.05) is 36.4 Å². The lowest BCUT2D eigenvalue weighted by Gasteiger charge is -2.12. The van der Waals surface area contributed by atoms with E-state index in [9.17, 15) is 10.0 Å². The highest BCUT2D eigenvalue weighted by molar-refractivity contribution is 7.10. The largest absolute Gasteiger partial charge is 0.350 e. The van der Waals surface area contributed by atoms with E-state index < -0.39 is 6.03 Å². The molecule has 1 heterocycles. The van der Waals surface area contributed by atoms with Crippen LogP contribution in [0.1, 0.15) is 22.4 Å². The normalized spacial score (nSPS) is 14.8. The first-order valence-electron chi connectivity index (χ1n) is 6.96. The number of carbonyl (C=O) groups excluding carboxylic acids is 1. The quantitative estimate of drug-likeness (QED) is 0.665. The number of nitrogens with zero attached hydrogens (tertiary/aromatic N) is 1. The molecule has 3 N–H and O–H groups in total. The van der Waals surface area contributed by atoms with Crippen molar-refractivity contribution < 1.29 is 10.0 Å². The summed E-state index contributed by atoms with van der Waals surface area (Å²) in [5.74, 6) is 0. The standard InChI is InChI=1S/C17H16N2O2S/c18-17(20)19(21)8-7-12-10-13(11-14-4-3-9-22-14)16-6-2-1-5-15(12)16/h1-6,9-11,21H,7-8H2,(H2,18,20)/b13-11+. The van der Waals surface area contributed by atoms with Gasteiger partial charge in [0.25, 0.3) is 0 Å². The van der Waals surface area contributed by atoms with Crippen molar-refractivity contribution in [3.05, 3.63) is 63.9 Å². The number of fused-ring (bicyclic) bond motifs is 1. The van der Waals surface area contributed by atoms with Crippen LogP contribution in [0.5, 0.6) is 0 Å². The number of primary amides is 1. The molecule has 0 fully saturated rings. The third-order valence-electron chi connectivity index (χ3n) is 3.60. The Bertz CT molecular complexity index is 748. The van der Waals surface area contributed by atoms with Crippen molar-refractivity contribution in [2.75, 3.05) is 6.54 Å². The van der Waals surface area contributed by atoms with Crippen LogP contribution in [0.3, 0.4) is 0 Å². The van der Waals surface area contributed by atoms with E-state index in [1.54, 1.807) is 11.3 Å². The number of allylic oxidation sites excluding steroid dienone is 2. The van der Waals surface area contributed by atoms with Gasteiger partial charge in [-0.25, -0.2) is 9.86 Å². The zero-order valence-electron chi connectivity index (χ0n) is 11.9. The fourth-order valence-electron chi connectivity index (χ4n) is 2.55. The van der Waals surface area contributed by atoms with Crippen LogP contribution in [0, 0.1) is 0 Å². The number of urea groups is 1. The van der Waals surface area contributed by atoms with Gasteiger partial charge in [-0.3, -0.25) is 5.21 Å². The number of benzene rings is 1. The fraction of sp³-hybridized carbons (Fsp3) is 0.118. The third kappa shape index (κ3) is 2.95. The topological polar surface area (TPSA) is 66.6 Å². The van der Waals surface area contributed by atoms with E-state index >= 15 is 0 Å².